The zero-order valence-corrected chi connectivity index (χ0v) is 15.6. The molecular weight excluding hydrogens is 339 g/mol. The molecule has 0 radical (unpaired) electrons. The van der Waals surface area contributed by atoms with E-state index in [0.29, 0.717) is 17.8 Å². The van der Waals surface area contributed by atoms with Gasteiger partial charge < -0.3 is 4.67 Å². The number of para-hydroxylation sites is 1. The van der Waals surface area contributed by atoms with E-state index in [-0.39, 0.29) is 0 Å². The van der Waals surface area contributed by atoms with Crippen molar-refractivity contribution in [2.45, 2.75) is 13.3 Å². The largest absolute Gasteiger partial charge is 0.314 e. The highest BCUT2D eigenvalue weighted by atomic mass is 31.2. The fraction of sp³-hybridized carbons (Fsp3) is 0.136. The number of rotatable bonds is 6. The van der Waals surface area contributed by atoms with Gasteiger partial charge >= 0.3 is 0 Å². The number of nitriles is 1. The maximum Gasteiger partial charge on any atom is 0.229 e. The predicted octanol–water partition coefficient (Wildman–Crippen LogP) is 4.70. The minimum atomic E-state index is -3.13. The molecule has 0 saturated carbocycles. The van der Waals surface area contributed by atoms with Crippen LogP contribution < -0.4 is 15.3 Å². The topological polar surface area (TPSA) is 44.1 Å². The number of anilines is 1. The molecule has 0 heterocycles. The minimum absolute atomic E-state index is 0.535. The van der Waals surface area contributed by atoms with Crippen LogP contribution in [0.15, 0.2) is 84.9 Å². The van der Waals surface area contributed by atoms with Gasteiger partial charge in [-0.05, 0) is 42.8 Å². The van der Waals surface area contributed by atoms with E-state index in [2.05, 4.69) is 13.0 Å². The van der Waals surface area contributed by atoms with E-state index >= 15 is 0 Å². The highest BCUT2D eigenvalue weighted by molar-refractivity contribution is 7.80. The lowest BCUT2D eigenvalue weighted by molar-refractivity contribution is 0.583. The fourth-order valence-electron chi connectivity index (χ4n) is 3.11. The quantitative estimate of drug-likeness (QED) is 0.598. The first-order valence-electron chi connectivity index (χ1n) is 8.70. The summed E-state index contributed by atoms with van der Waals surface area (Å²) in [5.41, 5.74) is 1.25. The van der Waals surface area contributed by atoms with Gasteiger partial charge in [-0.2, -0.15) is 5.26 Å². The number of nitrogens with zero attached hydrogens (tertiary/aromatic N) is 2. The van der Waals surface area contributed by atoms with Crippen LogP contribution in [0.4, 0.5) is 5.69 Å². The molecule has 3 rings (SSSR count). The van der Waals surface area contributed by atoms with Crippen LogP contribution in [0.3, 0.4) is 0 Å². The molecular formula is C22H21N2OP. The molecule has 3 aromatic carbocycles. The summed E-state index contributed by atoms with van der Waals surface area (Å²) in [7, 11) is -3.13. The van der Waals surface area contributed by atoms with Crippen LogP contribution in [0.25, 0.3) is 0 Å². The Morgan fingerprint density at radius 2 is 1.35 bits per heavy atom. The fourth-order valence-corrected chi connectivity index (χ4v) is 6.07. The van der Waals surface area contributed by atoms with Gasteiger partial charge in [0.2, 0.25) is 7.29 Å². The molecule has 0 aliphatic rings. The van der Waals surface area contributed by atoms with E-state index in [1.807, 2.05) is 83.5 Å². The van der Waals surface area contributed by atoms with Gasteiger partial charge in [0, 0.05) is 17.2 Å². The lowest BCUT2D eigenvalue weighted by Gasteiger charge is -2.34. The summed E-state index contributed by atoms with van der Waals surface area (Å²) in [4.78, 5) is 0. The Morgan fingerprint density at radius 3 is 1.85 bits per heavy atom. The number of benzene rings is 3. The summed E-state index contributed by atoms with van der Waals surface area (Å²) >= 11 is 0. The molecule has 0 aliphatic carbocycles. The predicted molar refractivity (Wildman–Crippen MR) is 109 cm³/mol. The van der Waals surface area contributed by atoms with Crippen LogP contribution in [0.5, 0.6) is 0 Å². The summed E-state index contributed by atoms with van der Waals surface area (Å²) in [6.07, 6.45) is 0.823. The van der Waals surface area contributed by atoms with E-state index in [1.54, 1.807) is 6.07 Å². The summed E-state index contributed by atoms with van der Waals surface area (Å²) in [5.74, 6) is 0. The second-order valence-corrected chi connectivity index (χ2v) is 8.67. The molecule has 0 atom stereocenters. The summed E-state index contributed by atoms with van der Waals surface area (Å²) in [5, 5.41) is 11.1. The Balaban J connectivity index is 2.28. The van der Waals surface area contributed by atoms with Crippen LogP contribution in [0.1, 0.15) is 18.9 Å². The van der Waals surface area contributed by atoms with Crippen molar-refractivity contribution in [2.24, 2.45) is 0 Å². The highest BCUT2D eigenvalue weighted by Gasteiger charge is 2.35. The van der Waals surface area contributed by atoms with Crippen molar-refractivity contribution >= 4 is 23.6 Å². The van der Waals surface area contributed by atoms with Crippen molar-refractivity contribution in [3.63, 3.8) is 0 Å². The van der Waals surface area contributed by atoms with E-state index in [4.69, 9.17) is 0 Å². The molecule has 130 valence electrons. The maximum absolute atomic E-state index is 14.6. The zero-order valence-electron chi connectivity index (χ0n) is 14.7. The molecule has 0 saturated heterocycles. The van der Waals surface area contributed by atoms with E-state index in [1.165, 1.54) is 0 Å². The number of hydrogen-bond donors (Lipinski definition) is 0. The SMILES string of the molecule is CCCN(c1ccccc1C#N)P(=O)(c1ccccc1)c1ccccc1. The van der Waals surface area contributed by atoms with Crippen molar-refractivity contribution in [3.8, 4) is 6.07 Å². The first kappa shape index (κ1) is 18.0. The molecule has 0 fully saturated rings. The van der Waals surface area contributed by atoms with Crippen molar-refractivity contribution in [1.29, 1.82) is 5.26 Å². The third kappa shape index (κ3) is 3.29. The third-order valence-electron chi connectivity index (χ3n) is 4.29. The highest BCUT2D eigenvalue weighted by Crippen LogP contribution is 2.50. The lowest BCUT2D eigenvalue weighted by Crippen LogP contribution is -2.33. The van der Waals surface area contributed by atoms with Gasteiger partial charge in [-0.1, -0.05) is 55.5 Å². The van der Waals surface area contributed by atoms with E-state index < -0.39 is 7.29 Å². The van der Waals surface area contributed by atoms with Gasteiger partial charge in [0.15, 0.2) is 0 Å². The van der Waals surface area contributed by atoms with Crippen LogP contribution in [0.2, 0.25) is 0 Å². The molecule has 26 heavy (non-hydrogen) atoms. The Morgan fingerprint density at radius 1 is 0.846 bits per heavy atom. The number of hydrogen-bond acceptors (Lipinski definition) is 2. The van der Waals surface area contributed by atoms with Gasteiger partial charge in [0.25, 0.3) is 0 Å². The average molecular weight is 360 g/mol. The molecule has 0 amide bonds. The van der Waals surface area contributed by atoms with E-state index in [9.17, 15) is 9.83 Å². The van der Waals surface area contributed by atoms with Gasteiger partial charge in [0.05, 0.1) is 11.3 Å². The monoisotopic (exact) mass is 360 g/mol. The van der Waals surface area contributed by atoms with Gasteiger partial charge in [-0.25, -0.2) is 0 Å². The third-order valence-corrected chi connectivity index (χ3v) is 7.38. The Labute approximate surface area is 155 Å². The Hall–Kier alpha value is -2.82. The second kappa shape index (κ2) is 8.04. The van der Waals surface area contributed by atoms with Gasteiger partial charge in [-0.15, -0.1) is 0 Å². The van der Waals surface area contributed by atoms with Crippen molar-refractivity contribution in [3.05, 3.63) is 90.5 Å². The van der Waals surface area contributed by atoms with Crippen molar-refractivity contribution in [2.75, 3.05) is 11.2 Å². The normalized spacial score (nSPS) is 10.9. The second-order valence-electron chi connectivity index (χ2n) is 6.00. The smallest absolute Gasteiger partial charge is 0.229 e. The molecule has 0 aromatic heterocycles. The average Bonchev–Trinajstić information content (AvgIpc) is 2.73. The van der Waals surface area contributed by atoms with Crippen LogP contribution in [-0.2, 0) is 4.57 Å². The van der Waals surface area contributed by atoms with Crippen molar-refractivity contribution < 1.29 is 4.57 Å². The molecule has 0 unspecified atom stereocenters. The zero-order chi connectivity index (χ0) is 18.4. The molecule has 0 N–H and O–H groups in total. The molecule has 0 aliphatic heterocycles. The molecule has 0 bridgehead atoms. The van der Waals surface area contributed by atoms with Gasteiger partial charge in [-0.3, -0.25) is 4.57 Å². The lowest BCUT2D eigenvalue weighted by atomic mass is 10.2. The molecule has 3 aromatic rings. The van der Waals surface area contributed by atoms with E-state index in [0.717, 1.165) is 17.0 Å². The Kier molecular flexibility index (Phi) is 5.56. The summed E-state index contributed by atoms with van der Waals surface area (Å²) in [6.45, 7) is 2.65. The summed E-state index contributed by atoms with van der Waals surface area (Å²) in [6, 6.07) is 28.7. The first-order chi connectivity index (χ1) is 12.7. The minimum Gasteiger partial charge on any atom is -0.314 e. The van der Waals surface area contributed by atoms with Crippen LogP contribution in [-0.4, -0.2) is 6.54 Å². The van der Waals surface area contributed by atoms with Gasteiger partial charge in [0.1, 0.15) is 6.07 Å². The maximum atomic E-state index is 14.6. The van der Waals surface area contributed by atoms with Crippen LogP contribution >= 0.6 is 7.29 Å². The molecule has 0 spiro atoms. The molecule has 4 heteroatoms. The van der Waals surface area contributed by atoms with Crippen molar-refractivity contribution in [1.82, 2.24) is 0 Å². The standard InChI is InChI=1S/C22H21N2OP/c1-2-17-24(22-16-10-9-11-19(22)18-23)26(25,20-12-5-3-6-13-20)21-14-7-4-8-15-21/h3-16H,2,17H2,1H3. The first-order valence-corrected chi connectivity index (χ1v) is 10.4. The Bertz CT molecular complexity index is 905. The molecule has 3 nitrogen and oxygen atoms in total. The summed E-state index contributed by atoms with van der Waals surface area (Å²) < 4.78 is 16.5. The van der Waals surface area contributed by atoms with Crippen LogP contribution in [0, 0.1) is 11.3 Å².